The molecule has 7 nitrogen and oxygen atoms in total. The van der Waals surface area contributed by atoms with Crippen molar-refractivity contribution in [1.29, 1.82) is 0 Å². The molecule has 0 radical (unpaired) electrons. The molecule has 4 N–H and O–H groups in total. The van der Waals surface area contributed by atoms with Crippen LogP contribution in [0.5, 0.6) is 0 Å². The first-order valence-electron chi connectivity index (χ1n) is 9.65. The highest BCUT2D eigenvalue weighted by Crippen LogP contribution is 2.24. The highest BCUT2D eigenvalue weighted by molar-refractivity contribution is 7.99. The first-order valence-corrected chi connectivity index (χ1v) is 10.6. The van der Waals surface area contributed by atoms with Crippen molar-refractivity contribution in [3.8, 4) is 0 Å². The normalized spacial score (nSPS) is 18.7. The van der Waals surface area contributed by atoms with Crippen LogP contribution in [0.4, 0.5) is 5.82 Å². The van der Waals surface area contributed by atoms with Crippen molar-refractivity contribution in [1.82, 2.24) is 26.1 Å². The monoisotopic (exact) mass is 408 g/mol. The number of rotatable bonds is 7. The number of amides is 1. The smallest absolute Gasteiger partial charge is 0.231 e. The summed E-state index contributed by atoms with van der Waals surface area (Å²) in [6, 6.07) is 18.4. The molecule has 1 saturated heterocycles. The summed E-state index contributed by atoms with van der Waals surface area (Å²) in [5.74, 6) is 1.00. The third-order valence-electron chi connectivity index (χ3n) is 4.65. The summed E-state index contributed by atoms with van der Waals surface area (Å²) in [7, 11) is 0. The van der Waals surface area contributed by atoms with E-state index >= 15 is 0 Å². The third kappa shape index (κ3) is 5.23. The number of carbonyl (C=O) groups is 1. The molecule has 4 rings (SSSR count). The largest absolute Gasteiger partial charge is 0.365 e. The van der Waals surface area contributed by atoms with E-state index < -0.39 is 0 Å². The number of nitrogens with one attached hydrogen (secondary N) is 4. The van der Waals surface area contributed by atoms with E-state index in [1.165, 1.54) is 17.3 Å². The molecule has 0 saturated carbocycles. The van der Waals surface area contributed by atoms with Gasteiger partial charge in [-0.05, 0) is 31.0 Å². The molecule has 0 aliphatic carbocycles. The Kier molecular flexibility index (Phi) is 6.24. The minimum Gasteiger partial charge on any atom is -0.365 e. The number of anilines is 1. The first kappa shape index (κ1) is 19.6. The van der Waals surface area contributed by atoms with Crippen LogP contribution in [-0.2, 0) is 11.3 Å². The lowest BCUT2D eigenvalue weighted by Crippen LogP contribution is -2.45. The van der Waals surface area contributed by atoms with Crippen LogP contribution in [0.3, 0.4) is 0 Å². The Morgan fingerprint density at radius 3 is 2.69 bits per heavy atom. The van der Waals surface area contributed by atoms with E-state index in [1.807, 2.05) is 42.5 Å². The molecule has 1 aliphatic heterocycles. The maximum Gasteiger partial charge on any atom is 0.231 e. The van der Waals surface area contributed by atoms with E-state index in [-0.39, 0.29) is 17.8 Å². The summed E-state index contributed by atoms with van der Waals surface area (Å²) in [6.07, 6.45) is 0.815. The van der Waals surface area contributed by atoms with Crippen molar-refractivity contribution in [3.63, 3.8) is 0 Å². The summed E-state index contributed by atoms with van der Waals surface area (Å²) in [6.45, 7) is 2.74. The number of fused-ring (bicyclic) bond motifs is 1. The topological polar surface area (TPSA) is 91.0 Å². The lowest BCUT2D eigenvalue weighted by Gasteiger charge is -2.13. The van der Waals surface area contributed by atoms with E-state index in [2.05, 4.69) is 50.5 Å². The van der Waals surface area contributed by atoms with Crippen molar-refractivity contribution in [2.24, 2.45) is 0 Å². The summed E-state index contributed by atoms with van der Waals surface area (Å²) in [5.41, 5.74) is 8.20. The predicted octanol–water partition coefficient (Wildman–Crippen LogP) is 2.66. The lowest BCUT2D eigenvalue weighted by molar-refractivity contribution is -0.119. The second-order valence-electron chi connectivity index (χ2n) is 7.05. The van der Waals surface area contributed by atoms with Gasteiger partial charge in [0.15, 0.2) is 5.16 Å². The zero-order chi connectivity index (χ0) is 20.1. The van der Waals surface area contributed by atoms with Gasteiger partial charge in [0.2, 0.25) is 5.91 Å². The number of hydrogen-bond donors (Lipinski definition) is 4. The first-order chi connectivity index (χ1) is 14.2. The molecule has 1 amide bonds. The highest BCUT2D eigenvalue weighted by Gasteiger charge is 2.21. The van der Waals surface area contributed by atoms with Gasteiger partial charge in [0.05, 0.1) is 17.4 Å². The Hall–Kier alpha value is -2.68. The Morgan fingerprint density at radius 2 is 1.90 bits per heavy atom. The van der Waals surface area contributed by atoms with Gasteiger partial charge >= 0.3 is 0 Å². The quantitative estimate of drug-likeness (QED) is 0.353. The number of para-hydroxylation sites is 1. The molecule has 150 valence electrons. The number of thioether (sulfide) groups is 1. The van der Waals surface area contributed by atoms with Gasteiger partial charge in [-0.15, -0.1) is 0 Å². The molecule has 3 aromatic rings. The highest BCUT2D eigenvalue weighted by atomic mass is 32.2. The Balaban J connectivity index is 1.44. The van der Waals surface area contributed by atoms with Gasteiger partial charge in [-0.25, -0.2) is 15.4 Å². The van der Waals surface area contributed by atoms with Crippen molar-refractivity contribution < 1.29 is 4.79 Å². The van der Waals surface area contributed by atoms with Crippen LogP contribution in [0, 0.1) is 0 Å². The Labute approximate surface area is 174 Å². The van der Waals surface area contributed by atoms with Crippen LogP contribution in [0.1, 0.15) is 18.9 Å². The summed E-state index contributed by atoms with van der Waals surface area (Å²) in [5, 5.41) is 7.93. The zero-order valence-corrected chi connectivity index (χ0v) is 17.0. The fourth-order valence-electron chi connectivity index (χ4n) is 3.21. The molecule has 8 heteroatoms. The molecule has 2 unspecified atom stereocenters. The molecule has 2 atom stereocenters. The van der Waals surface area contributed by atoms with Gasteiger partial charge in [-0.2, -0.15) is 0 Å². The summed E-state index contributed by atoms with van der Waals surface area (Å²) in [4.78, 5) is 21.5. The molecule has 2 aromatic carbocycles. The molecule has 0 spiro atoms. The average Bonchev–Trinajstić information content (AvgIpc) is 3.15. The number of nitrogens with zero attached hydrogens (tertiary/aromatic N) is 2. The van der Waals surface area contributed by atoms with Crippen molar-refractivity contribution >= 4 is 34.4 Å². The third-order valence-corrected chi connectivity index (χ3v) is 5.49. The second kappa shape index (κ2) is 9.21. The van der Waals surface area contributed by atoms with Crippen LogP contribution in [-0.4, -0.2) is 33.8 Å². The van der Waals surface area contributed by atoms with Crippen molar-refractivity contribution in [2.45, 2.75) is 37.3 Å². The van der Waals surface area contributed by atoms with E-state index in [9.17, 15) is 4.79 Å². The van der Waals surface area contributed by atoms with Crippen LogP contribution >= 0.6 is 11.8 Å². The molecule has 29 heavy (non-hydrogen) atoms. The SMILES string of the molecule is CC1CC(NC(=O)CSc2nc(NCc3ccccc3)c3ccccc3n2)NN1. The molecule has 1 fully saturated rings. The van der Waals surface area contributed by atoms with Crippen LogP contribution < -0.4 is 21.5 Å². The molecular formula is C21H24N6OS. The van der Waals surface area contributed by atoms with Crippen molar-refractivity contribution in [2.75, 3.05) is 11.1 Å². The Bertz CT molecular complexity index is 983. The molecule has 1 aromatic heterocycles. The lowest BCUT2D eigenvalue weighted by atomic mass is 10.2. The second-order valence-corrected chi connectivity index (χ2v) is 7.99. The van der Waals surface area contributed by atoms with Gasteiger partial charge in [0.25, 0.3) is 0 Å². The van der Waals surface area contributed by atoms with Crippen LogP contribution in [0.25, 0.3) is 10.9 Å². The van der Waals surface area contributed by atoms with E-state index in [0.717, 1.165) is 23.1 Å². The van der Waals surface area contributed by atoms with Gasteiger partial charge in [0, 0.05) is 18.0 Å². The number of aromatic nitrogens is 2. The zero-order valence-electron chi connectivity index (χ0n) is 16.2. The maximum absolute atomic E-state index is 12.3. The molecular weight excluding hydrogens is 384 g/mol. The molecule has 1 aliphatic rings. The number of hydrazine groups is 1. The van der Waals surface area contributed by atoms with E-state index in [4.69, 9.17) is 0 Å². The predicted molar refractivity (Wildman–Crippen MR) is 116 cm³/mol. The fraction of sp³-hybridized carbons (Fsp3) is 0.286. The standard InChI is InChI=1S/C21H24N6OS/c1-14-11-18(27-26-14)24-19(28)13-29-21-23-17-10-6-5-9-16(17)20(25-21)22-12-15-7-3-2-4-8-15/h2-10,14,18,26-27H,11-13H2,1H3,(H,24,28)(H,22,23,25). The summed E-state index contributed by atoms with van der Waals surface area (Å²) < 4.78 is 0. The van der Waals surface area contributed by atoms with Crippen LogP contribution in [0.2, 0.25) is 0 Å². The van der Waals surface area contributed by atoms with E-state index in [0.29, 0.717) is 17.7 Å². The van der Waals surface area contributed by atoms with Gasteiger partial charge in [-0.3, -0.25) is 10.2 Å². The van der Waals surface area contributed by atoms with E-state index in [1.54, 1.807) is 0 Å². The van der Waals surface area contributed by atoms with Crippen LogP contribution in [0.15, 0.2) is 59.8 Å². The number of hydrogen-bond acceptors (Lipinski definition) is 7. The number of carbonyl (C=O) groups excluding carboxylic acids is 1. The van der Waals surface area contributed by atoms with Gasteiger partial charge in [0.1, 0.15) is 5.82 Å². The van der Waals surface area contributed by atoms with Crippen molar-refractivity contribution in [3.05, 3.63) is 60.2 Å². The minimum atomic E-state index is -0.0429. The fourth-order valence-corrected chi connectivity index (χ4v) is 3.87. The maximum atomic E-state index is 12.3. The van der Waals surface area contributed by atoms with Gasteiger partial charge in [-0.1, -0.05) is 54.2 Å². The molecule has 0 bridgehead atoms. The molecule has 2 heterocycles. The Morgan fingerprint density at radius 1 is 1.10 bits per heavy atom. The van der Waals surface area contributed by atoms with Gasteiger partial charge < -0.3 is 10.6 Å². The summed E-state index contributed by atoms with van der Waals surface area (Å²) >= 11 is 1.34. The number of benzene rings is 2. The minimum absolute atomic E-state index is 0.0426. The average molecular weight is 409 g/mol.